The van der Waals surface area contributed by atoms with E-state index in [1.54, 1.807) is 0 Å². The lowest BCUT2D eigenvalue weighted by Crippen LogP contribution is -2.09. The van der Waals surface area contributed by atoms with E-state index in [4.69, 9.17) is 11.6 Å². The summed E-state index contributed by atoms with van der Waals surface area (Å²) in [6.07, 6.45) is 14.3. The molecule has 0 heterocycles. The summed E-state index contributed by atoms with van der Waals surface area (Å²) in [7, 11) is 0. The summed E-state index contributed by atoms with van der Waals surface area (Å²) in [5, 5.41) is 0. The lowest BCUT2D eigenvalue weighted by molar-refractivity contribution is 0.589. The minimum absolute atomic E-state index is 0.0605. The topological polar surface area (TPSA) is 0 Å². The molecule has 120 valence electrons. The fourth-order valence-electron chi connectivity index (χ4n) is 2.14. The first-order valence-electron chi connectivity index (χ1n) is 8.05. The predicted octanol–water partition coefficient (Wildman–Crippen LogP) is 7.37. The Bertz CT molecular complexity index is 377. The summed E-state index contributed by atoms with van der Waals surface area (Å²) < 4.78 is 0. The highest BCUT2D eigenvalue weighted by molar-refractivity contribution is 6.23. The molecule has 0 fully saturated rings. The molecule has 0 amide bonds. The lowest BCUT2D eigenvalue weighted by Gasteiger charge is -2.14. The van der Waals surface area contributed by atoms with Crippen LogP contribution >= 0.6 is 11.6 Å². The van der Waals surface area contributed by atoms with E-state index in [1.807, 2.05) is 6.08 Å². The molecular weight excluding hydrogens is 276 g/mol. The van der Waals surface area contributed by atoms with Crippen LogP contribution in [-0.2, 0) is 0 Å². The molecule has 1 heteroatoms. The molecule has 0 saturated heterocycles. The van der Waals surface area contributed by atoms with Gasteiger partial charge in [-0.15, -0.1) is 11.6 Å². The van der Waals surface area contributed by atoms with Gasteiger partial charge < -0.3 is 0 Å². The van der Waals surface area contributed by atoms with Crippen molar-refractivity contribution in [1.29, 1.82) is 0 Å². The maximum atomic E-state index is 6.20. The Labute approximate surface area is 137 Å². The van der Waals surface area contributed by atoms with Gasteiger partial charge in [-0.3, -0.25) is 0 Å². The second kappa shape index (κ2) is 10.9. The number of hydrogen-bond donors (Lipinski definition) is 0. The van der Waals surface area contributed by atoms with Crippen molar-refractivity contribution in [3.8, 4) is 0 Å². The van der Waals surface area contributed by atoms with E-state index in [2.05, 4.69) is 53.0 Å². The number of alkyl halides is 1. The zero-order valence-corrected chi connectivity index (χ0v) is 15.2. The summed E-state index contributed by atoms with van der Waals surface area (Å²) in [6.45, 7) is 16.3. The number of rotatable bonds is 11. The normalized spacial score (nSPS) is 13.4. The Kier molecular flexibility index (Phi) is 10.5. The van der Waals surface area contributed by atoms with Crippen LogP contribution in [0, 0.1) is 0 Å². The van der Waals surface area contributed by atoms with Crippen molar-refractivity contribution in [3.63, 3.8) is 0 Å². The molecule has 0 nitrogen and oxygen atoms in total. The lowest BCUT2D eigenvalue weighted by atomic mass is 10.0. The third kappa shape index (κ3) is 14.0. The smallest absolute Gasteiger partial charge is 0.0390 e. The van der Waals surface area contributed by atoms with Crippen molar-refractivity contribution < 1.29 is 0 Å². The fraction of sp³-hybridized carbons (Fsp3) is 0.600. The maximum absolute atomic E-state index is 6.20. The molecule has 0 N–H and O–H groups in total. The minimum Gasteiger partial charge on any atom is -0.120 e. The van der Waals surface area contributed by atoms with Crippen LogP contribution < -0.4 is 0 Å². The second-order valence-electron chi connectivity index (χ2n) is 6.61. The van der Waals surface area contributed by atoms with Crippen molar-refractivity contribution in [2.24, 2.45) is 0 Å². The van der Waals surface area contributed by atoms with Crippen LogP contribution in [-0.4, -0.2) is 4.87 Å². The number of hydrogen-bond acceptors (Lipinski definition) is 0. The van der Waals surface area contributed by atoms with Crippen LogP contribution in [0.4, 0.5) is 0 Å². The average Bonchev–Trinajstić information content (AvgIpc) is 2.36. The van der Waals surface area contributed by atoms with Crippen molar-refractivity contribution in [2.75, 3.05) is 0 Å². The van der Waals surface area contributed by atoms with E-state index in [0.29, 0.717) is 0 Å². The van der Waals surface area contributed by atoms with Crippen molar-refractivity contribution in [2.45, 2.75) is 77.5 Å². The molecule has 0 bridgehead atoms. The summed E-state index contributed by atoms with van der Waals surface area (Å²) in [5.41, 5.74) is 4.08. The van der Waals surface area contributed by atoms with Gasteiger partial charge in [0.15, 0.2) is 0 Å². The van der Waals surface area contributed by atoms with Gasteiger partial charge in [0.2, 0.25) is 0 Å². The standard InChI is InChI=1S/C20H33Cl/c1-7-17(2)11-8-12-18(3)13-9-14-19(4)15-10-16-20(5,6)21/h7,12,14H,1-2,8-11,13,15-16H2,3-6H3/b18-12+,19-14+. The Balaban J connectivity index is 3.88. The van der Waals surface area contributed by atoms with Gasteiger partial charge >= 0.3 is 0 Å². The fourth-order valence-corrected chi connectivity index (χ4v) is 2.28. The first-order chi connectivity index (χ1) is 9.74. The molecular formula is C20H33Cl. The van der Waals surface area contributed by atoms with Gasteiger partial charge in [-0.25, -0.2) is 0 Å². The van der Waals surface area contributed by atoms with E-state index in [-0.39, 0.29) is 4.87 Å². The van der Waals surface area contributed by atoms with Crippen molar-refractivity contribution >= 4 is 11.6 Å². The Morgan fingerprint density at radius 1 is 1.00 bits per heavy atom. The van der Waals surface area contributed by atoms with Gasteiger partial charge in [0.05, 0.1) is 0 Å². The quantitative estimate of drug-likeness (QED) is 0.212. The van der Waals surface area contributed by atoms with Gasteiger partial charge in [-0.1, -0.05) is 48.1 Å². The molecule has 0 aliphatic carbocycles. The molecule has 0 aliphatic heterocycles. The van der Waals surface area contributed by atoms with Gasteiger partial charge in [0, 0.05) is 4.87 Å². The van der Waals surface area contributed by atoms with Crippen LogP contribution in [0.15, 0.2) is 48.1 Å². The van der Waals surface area contributed by atoms with Crippen molar-refractivity contribution in [3.05, 3.63) is 48.1 Å². The molecule has 0 aliphatic rings. The van der Waals surface area contributed by atoms with Gasteiger partial charge in [-0.2, -0.15) is 0 Å². The molecule has 0 spiro atoms. The molecule has 0 aromatic rings. The predicted molar refractivity (Wildman–Crippen MR) is 99.1 cm³/mol. The zero-order chi connectivity index (χ0) is 16.3. The van der Waals surface area contributed by atoms with Crippen LogP contribution in [0.5, 0.6) is 0 Å². The highest BCUT2D eigenvalue weighted by atomic mass is 35.5. The molecule has 0 unspecified atom stereocenters. The molecule has 0 radical (unpaired) electrons. The number of halogens is 1. The van der Waals surface area contributed by atoms with E-state index < -0.39 is 0 Å². The summed E-state index contributed by atoms with van der Waals surface area (Å²) in [5.74, 6) is 0. The van der Waals surface area contributed by atoms with Crippen molar-refractivity contribution in [1.82, 2.24) is 0 Å². The third-order valence-corrected chi connectivity index (χ3v) is 3.81. The molecule has 0 aromatic heterocycles. The summed E-state index contributed by atoms with van der Waals surface area (Å²) in [4.78, 5) is -0.0605. The highest BCUT2D eigenvalue weighted by Crippen LogP contribution is 2.22. The summed E-state index contributed by atoms with van der Waals surface area (Å²) >= 11 is 6.20. The Hall–Kier alpha value is -0.750. The number of allylic oxidation sites excluding steroid dienone is 6. The van der Waals surface area contributed by atoms with Crippen LogP contribution in [0.2, 0.25) is 0 Å². The molecule has 0 saturated carbocycles. The van der Waals surface area contributed by atoms with Crippen LogP contribution in [0.1, 0.15) is 72.6 Å². The SMILES string of the molecule is C=CC(=C)CC/C=C(\C)CC/C=C(\C)CCCC(C)(C)Cl. The third-order valence-electron chi connectivity index (χ3n) is 3.62. The first kappa shape index (κ1) is 20.2. The average molecular weight is 309 g/mol. The van der Waals surface area contributed by atoms with Gasteiger partial charge in [0.25, 0.3) is 0 Å². The van der Waals surface area contributed by atoms with E-state index in [1.165, 1.54) is 17.6 Å². The van der Waals surface area contributed by atoms with Crippen LogP contribution in [0.25, 0.3) is 0 Å². The largest absolute Gasteiger partial charge is 0.120 e. The molecule has 0 aromatic carbocycles. The Morgan fingerprint density at radius 2 is 1.52 bits per heavy atom. The van der Waals surface area contributed by atoms with E-state index >= 15 is 0 Å². The highest BCUT2D eigenvalue weighted by Gasteiger charge is 2.11. The van der Waals surface area contributed by atoms with Crippen LogP contribution in [0.3, 0.4) is 0 Å². The zero-order valence-electron chi connectivity index (χ0n) is 14.5. The van der Waals surface area contributed by atoms with E-state index in [0.717, 1.165) is 44.1 Å². The van der Waals surface area contributed by atoms with E-state index in [9.17, 15) is 0 Å². The maximum Gasteiger partial charge on any atom is 0.0390 e. The Morgan fingerprint density at radius 3 is 2.05 bits per heavy atom. The first-order valence-corrected chi connectivity index (χ1v) is 8.43. The molecule has 0 atom stereocenters. The van der Waals surface area contributed by atoms with Gasteiger partial charge in [0.1, 0.15) is 0 Å². The minimum atomic E-state index is -0.0605. The second-order valence-corrected chi connectivity index (χ2v) is 7.64. The molecule has 21 heavy (non-hydrogen) atoms. The monoisotopic (exact) mass is 308 g/mol. The molecule has 0 rings (SSSR count). The van der Waals surface area contributed by atoms with Gasteiger partial charge in [-0.05, 0) is 72.6 Å². The summed E-state index contributed by atoms with van der Waals surface area (Å²) in [6, 6.07) is 0.